The average Bonchev–Trinajstić information content (AvgIpc) is 2.62. The van der Waals surface area contributed by atoms with E-state index in [0.717, 1.165) is 15.8 Å². The molecule has 0 saturated carbocycles. The number of amides is 1. The van der Waals surface area contributed by atoms with E-state index in [2.05, 4.69) is 26.6 Å². The zero-order chi connectivity index (χ0) is 16.8. The maximum absolute atomic E-state index is 12.2. The Bertz CT molecular complexity index is 694. The molecule has 2 aromatic carbocycles. The van der Waals surface area contributed by atoms with Crippen molar-refractivity contribution in [3.8, 4) is 11.5 Å². The van der Waals surface area contributed by atoms with E-state index < -0.39 is 0 Å². The van der Waals surface area contributed by atoms with Crippen molar-refractivity contribution in [2.45, 2.75) is 12.6 Å². The highest BCUT2D eigenvalue weighted by Gasteiger charge is 2.21. The van der Waals surface area contributed by atoms with Crippen LogP contribution in [-0.2, 0) is 16.1 Å². The van der Waals surface area contributed by atoms with Gasteiger partial charge in [0.25, 0.3) is 0 Å². The van der Waals surface area contributed by atoms with Crippen LogP contribution in [0.3, 0.4) is 0 Å². The van der Waals surface area contributed by atoms with E-state index in [9.17, 15) is 4.79 Å². The van der Waals surface area contributed by atoms with Crippen molar-refractivity contribution in [1.82, 2.24) is 10.6 Å². The highest BCUT2D eigenvalue weighted by atomic mass is 79.9. The van der Waals surface area contributed by atoms with Gasteiger partial charge in [-0.3, -0.25) is 4.79 Å². The first-order chi connectivity index (χ1) is 11.7. The van der Waals surface area contributed by atoms with Crippen molar-refractivity contribution >= 4 is 34.2 Å². The zero-order valence-corrected chi connectivity index (χ0v) is 15.9. The summed E-state index contributed by atoms with van der Waals surface area (Å²) < 4.78 is 12.2. The van der Waals surface area contributed by atoms with Crippen LogP contribution in [0.2, 0.25) is 0 Å². The third-order valence-electron chi connectivity index (χ3n) is 3.69. The smallest absolute Gasteiger partial charge is 0.239 e. The Labute approximate surface area is 161 Å². The molecule has 7 heteroatoms. The van der Waals surface area contributed by atoms with Gasteiger partial charge in [-0.2, -0.15) is 0 Å². The van der Waals surface area contributed by atoms with E-state index in [1.54, 1.807) is 0 Å². The lowest BCUT2D eigenvalue weighted by atomic mass is 10.2. The van der Waals surface area contributed by atoms with Crippen LogP contribution >= 0.6 is 28.3 Å². The lowest BCUT2D eigenvalue weighted by Crippen LogP contribution is -2.51. The fraction of sp³-hybridized carbons (Fsp3) is 0.278. The molecular formula is C18H20BrClN2O3. The van der Waals surface area contributed by atoms with Crippen LogP contribution in [0.25, 0.3) is 0 Å². The van der Waals surface area contributed by atoms with E-state index in [0.29, 0.717) is 32.1 Å². The Balaban J connectivity index is 0.00000225. The first kappa shape index (κ1) is 19.7. The average molecular weight is 428 g/mol. The maximum Gasteiger partial charge on any atom is 0.239 e. The number of benzene rings is 2. The second-order valence-corrected chi connectivity index (χ2v) is 6.38. The number of halogens is 2. The molecular weight excluding hydrogens is 408 g/mol. The van der Waals surface area contributed by atoms with Gasteiger partial charge in [0.1, 0.15) is 17.5 Å². The zero-order valence-electron chi connectivity index (χ0n) is 13.5. The van der Waals surface area contributed by atoms with Gasteiger partial charge in [0.05, 0.1) is 13.2 Å². The van der Waals surface area contributed by atoms with Crippen LogP contribution in [0.5, 0.6) is 11.5 Å². The summed E-state index contributed by atoms with van der Waals surface area (Å²) in [5.74, 6) is 1.40. The van der Waals surface area contributed by atoms with Crippen molar-refractivity contribution in [3.05, 3.63) is 58.6 Å². The van der Waals surface area contributed by atoms with Crippen LogP contribution in [-0.4, -0.2) is 31.7 Å². The van der Waals surface area contributed by atoms with Crippen molar-refractivity contribution < 1.29 is 14.3 Å². The van der Waals surface area contributed by atoms with Crippen molar-refractivity contribution in [2.75, 3.05) is 19.8 Å². The topological polar surface area (TPSA) is 59.6 Å². The number of ether oxygens (including phenoxy) is 2. The maximum atomic E-state index is 12.2. The molecule has 1 saturated heterocycles. The second kappa shape index (κ2) is 9.77. The van der Waals surface area contributed by atoms with Gasteiger partial charge in [0.15, 0.2) is 0 Å². The number of nitrogens with one attached hydrogen (secondary N) is 2. The second-order valence-electron chi connectivity index (χ2n) is 5.47. The summed E-state index contributed by atoms with van der Waals surface area (Å²) in [6.07, 6.45) is 0. The quantitative estimate of drug-likeness (QED) is 0.769. The molecule has 25 heavy (non-hydrogen) atoms. The fourth-order valence-electron chi connectivity index (χ4n) is 2.42. The summed E-state index contributed by atoms with van der Waals surface area (Å²) >= 11 is 3.46. The number of carbonyl (C=O) groups is 1. The summed E-state index contributed by atoms with van der Waals surface area (Å²) in [6.45, 7) is 2.14. The molecule has 0 aliphatic carbocycles. The molecule has 1 amide bonds. The minimum atomic E-state index is -0.298. The molecule has 1 fully saturated rings. The largest absolute Gasteiger partial charge is 0.457 e. The Morgan fingerprint density at radius 3 is 2.80 bits per heavy atom. The van der Waals surface area contributed by atoms with Gasteiger partial charge in [-0.05, 0) is 24.3 Å². The predicted molar refractivity (Wildman–Crippen MR) is 102 cm³/mol. The van der Waals surface area contributed by atoms with Crippen molar-refractivity contribution in [2.24, 2.45) is 0 Å². The number of hydrogen-bond donors (Lipinski definition) is 2. The molecule has 1 atom stereocenters. The van der Waals surface area contributed by atoms with Gasteiger partial charge in [-0.1, -0.05) is 40.2 Å². The molecule has 1 heterocycles. The molecule has 0 aromatic heterocycles. The molecule has 2 N–H and O–H groups in total. The molecule has 2 aromatic rings. The minimum Gasteiger partial charge on any atom is -0.457 e. The SMILES string of the molecule is Cl.O=C(NCc1ccc(Br)cc1Oc1ccccc1)C1COCCN1. The van der Waals surface area contributed by atoms with Gasteiger partial charge in [-0.25, -0.2) is 0 Å². The molecule has 1 aliphatic rings. The van der Waals surface area contributed by atoms with Gasteiger partial charge >= 0.3 is 0 Å². The van der Waals surface area contributed by atoms with E-state index in [-0.39, 0.29) is 24.4 Å². The number of morpholine rings is 1. The lowest BCUT2D eigenvalue weighted by Gasteiger charge is -2.23. The van der Waals surface area contributed by atoms with E-state index >= 15 is 0 Å². The van der Waals surface area contributed by atoms with Gasteiger partial charge < -0.3 is 20.1 Å². The molecule has 1 aliphatic heterocycles. The van der Waals surface area contributed by atoms with E-state index in [4.69, 9.17) is 9.47 Å². The first-order valence-corrected chi connectivity index (χ1v) is 8.62. The van der Waals surface area contributed by atoms with Gasteiger partial charge in [0.2, 0.25) is 5.91 Å². The molecule has 5 nitrogen and oxygen atoms in total. The fourth-order valence-corrected chi connectivity index (χ4v) is 2.76. The van der Waals surface area contributed by atoms with Crippen molar-refractivity contribution in [1.29, 1.82) is 0 Å². The van der Waals surface area contributed by atoms with Crippen LogP contribution in [0.1, 0.15) is 5.56 Å². The number of hydrogen-bond acceptors (Lipinski definition) is 4. The Morgan fingerprint density at radius 2 is 2.08 bits per heavy atom. The highest BCUT2D eigenvalue weighted by molar-refractivity contribution is 9.10. The van der Waals surface area contributed by atoms with E-state index in [1.165, 1.54) is 0 Å². The molecule has 0 spiro atoms. The Kier molecular flexibility index (Phi) is 7.71. The molecule has 1 unspecified atom stereocenters. The molecule has 0 bridgehead atoms. The standard InChI is InChI=1S/C18H19BrN2O3.ClH/c19-14-7-6-13(11-21-18(22)16-12-23-9-8-20-16)17(10-14)24-15-4-2-1-3-5-15;/h1-7,10,16,20H,8-9,11-12H2,(H,21,22);1H. The summed E-state index contributed by atoms with van der Waals surface area (Å²) in [5, 5.41) is 6.08. The Hall–Kier alpha value is -1.60. The van der Waals surface area contributed by atoms with E-state index in [1.807, 2.05) is 48.5 Å². The molecule has 3 rings (SSSR count). The monoisotopic (exact) mass is 426 g/mol. The summed E-state index contributed by atoms with van der Waals surface area (Å²) in [7, 11) is 0. The van der Waals surface area contributed by atoms with Crippen LogP contribution in [0.15, 0.2) is 53.0 Å². The third kappa shape index (κ3) is 5.71. The number of para-hydroxylation sites is 1. The number of rotatable bonds is 5. The number of carbonyl (C=O) groups excluding carboxylic acids is 1. The summed E-state index contributed by atoms with van der Waals surface area (Å²) in [4.78, 5) is 12.2. The lowest BCUT2D eigenvalue weighted by molar-refractivity contribution is -0.126. The van der Waals surface area contributed by atoms with Crippen LogP contribution in [0, 0.1) is 0 Å². The normalized spacial score (nSPS) is 16.6. The van der Waals surface area contributed by atoms with Crippen LogP contribution < -0.4 is 15.4 Å². The summed E-state index contributed by atoms with van der Waals surface area (Å²) in [6, 6.07) is 15.0. The van der Waals surface area contributed by atoms with Crippen LogP contribution in [0.4, 0.5) is 0 Å². The molecule has 134 valence electrons. The Morgan fingerprint density at radius 1 is 1.28 bits per heavy atom. The summed E-state index contributed by atoms with van der Waals surface area (Å²) in [5.41, 5.74) is 0.909. The van der Waals surface area contributed by atoms with Gasteiger partial charge in [-0.15, -0.1) is 12.4 Å². The third-order valence-corrected chi connectivity index (χ3v) is 4.18. The van der Waals surface area contributed by atoms with Gasteiger partial charge in [0, 0.05) is 23.1 Å². The highest BCUT2D eigenvalue weighted by Crippen LogP contribution is 2.28. The molecule has 0 radical (unpaired) electrons. The predicted octanol–water partition coefficient (Wildman–Crippen LogP) is 3.27. The van der Waals surface area contributed by atoms with Crippen molar-refractivity contribution in [3.63, 3.8) is 0 Å². The minimum absolute atomic E-state index is 0. The first-order valence-electron chi connectivity index (χ1n) is 7.82.